The Balaban J connectivity index is 1.70. The summed E-state index contributed by atoms with van der Waals surface area (Å²) in [5, 5.41) is 7.69. The number of nitrogens with zero attached hydrogens (tertiary/aromatic N) is 1. The van der Waals surface area contributed by atoms with Crippen LogP contribution < -0.4 is 16.4 Å². The number of imidazole rings is 1. The molecule has 4 rings (SSSR count). The SMILES string of the molecule is O=C(Nc1ccc2c(=O)[nH][nH]c(=O)c2c1)c1ccc2nc[nH]c2c1. The van der Waals surface area contributed by atoms with Gasteiger partial charge in [0, 0.05) is 11.3 Å². The van der Waals surface area contributed by atoms with Gasteiger partial charge in [0.2, 0.25) is 0 Å². The predicted molar refractivity (Wildman–Crippen MR) is 89.2 cm³/mol. The molecule has 8 heteroatoms. The Hall–Kier alpha value is -3.68. The number of hydrogen-bond acceptors (Lipinski definition) is 4. The van der Waals surface area contributed by atoms with Crippen LogP contribution in [0.5, 0.6) is 0 Å². The van der Waals surface area contributed by atoms with Crippen LogP contribution in [0.3, 0.4) is 0 Å². The number of anilines is 1. The summed E-state index contributed by atoms with van der Waals surface area (Å²) in [6, 6.07) is 9.63. The molecule has 0 aliphatic heterocycles. The number of aromatic amines is 3. The fourth-order valence-corrected chi connectivity index (χ4v) is 2.54. The number of fused-ring (bicyclic) bond motifs is 2. The van der Waals surface area contributed by atoms with Crippen molar-refractivity contribution in [1.82, 2.24) is 20.2 Å². The summed E-state index contributed by atoms with van der Waals surface area (Å²) in [5.74, 6) is -0.327. The standard InChI is InChI=1S/C16H11N5O3/c22-14(8-1-4-12-13(5-8)18-7-17-12)19-9-2-3-10-11(6-9)16(24)21-20-15(10)23/h1-7H,(H,17,18)(H,19,22)(H,20,23)(H,21,24). The topological polar surface area (TPSA) is 124 Å². The summed E-state index contributed by atoms with van der Waals surface area (Å²) in [4.78, 5) is 42.9. The van der Waals surface area contributed by atoms with E-state index < -0.39 is 11.1 Å². The zero-order chi connectivity index (χ0) is 16.7. The summed E-state index contributed by atoms with van der Waals surface area (Å²) >= 11 is 0. The largest absolute Gasteiger partial charge is 0.345 e. The number of hydrogen-bond donors (Lipinski definition) is 4. The number of rotatable bonds is 2. The van der Waals surface area contributed by atoms with Crippen LogP contribution in [-0.4, -0.2) is 26.1 Å². The molecular weight excluding hydrogens is 310 g/mol. The minimum Gasteiger partial charge on any atom is -0.345 e. The Morgan fingerprint density at radius 1 is 0.958 bits per heavy atom. The van der Waals surface area contributed by atoms with Crippen LogP contribution in [-0.2, 0) is 0 Å². The molecule has 0 aliphatic rings. The number of H-pyrrole nitrogens is 3. The maximum absolute atomic E-state index is 12.4. The molecule has 0 spiro atoms. The quantitative estimate of drug-likeness (QED) is 0.445. The molecule has 0 aliphatic carbocycles. The summed E-state index contributed by atoms with van der Waals surface area (Å²) in [6.45, 7) is 0. The van der Waals surface area contributed by atoms with E-state index in [0.717, 1.165) is 11.0 Å². The third-order valence-corrected chi connectivity index (χ3v) is 3.74. The van der Waals surface area contributed by atoms with Gasteiger partial charge in [0.15, 0.2) is 0 Å². The lowest BCUT2D eigenvalue weighted by atomic mass is 10.1. The Morgan fingerprint density at radius 3 is 2.58 bits per heavy atom. The van der Waals surface area contributed by atoms with Gasteiger partial charge in [-0.2, -0.15) is 0 Å². The normalized spacial score (nSPS) is 11.0. The number of amides is 1. The van der Waals surface area contributed by atoms with Crippen LogP contribution in [0.2, 0.25) is 0 Å². The highest BCUT2D eigenvalue weighted by Crippen LogP contribution is 2.16. The highest BCUT2D eigenvalue weighted by atomic mass is 16.2. The molecule has 24 heavy (non-hydrogen) atoms. The van der Waals surface area contributed by atoms with Crippen molar-refractivity contribution in [3.8, 4) is 0 Å². The van der Waals surface area contributed by atoms with Crippen LogP contribution in [0.15, 0.2) is 52.3 Å². The molecular formula is C16H11N5O3. The van der Waals surface area contributed by atoms with E-state index in [2.05, 4.69) is 25.5 Å². The van der Waals surface area contributed by atoms with Gasteiger partial charge >= 0.3 is 0 Å². The molecule has 0 radical (unpaired) electrons. The Labute approximate surface area is 133 Å². The van der Waals surface area contributed by atoms with Crippen molar-refractivity contribution in [2.24, 2.45) is 0 Å². The summed E-state index contributed by atoms with van der Waals surface area (Å²) in [6.07, 6.45) is 1.56. The highest BCUT2D eigenvalue weighted by Gasteiger charge is 2.10. The molecule has 4 N–H and O–H groups in total. The monoisotopic (exact) mass is 321 g/mol. The molecule has 8 nitrogen and oxygen atoms in total. The lowest BCUT2D eigenvalue weighted by Crippen LogP contribution is -2.19. The van der Waals surface area contributed by atoms with Crippen LogP contribution >= 0.6 is 0 Å². The van der Waals surface area contributed by atoms with Gasteiger partial charge in [0.25, 0.3) is 17.0 Å². The van der Waals surface area contributed by atoms with Gasteiger partial charge < -0.3 is 10.3 Å². The second-order valence-corrected chi connectivity index (χ2v) is 5.26. The van der Waals surface area contributed by atoms with Crippen LogP contribution in [0, 0.1) is 0 Å². The Morgan fingerprint density at radius 2 is 1.75 bits per heavy atom. The first-order chi connectivity index (χ1) is 11.6. The smallest absolute Gasteiger partial charge is 0.270 e. The van der Waals surface area contributed by atoms with E-state index >= 15 is 0 Å². The van der Waals surface area contributed by atoms with Crippen molar-refractivity contribution >= 4 is 33.4 Å². The maximum atomic E-state index is 12.4. The molecule has 0 saturated carbocycles. The highest BCUT2D eigenvalue weighted by molar-refractivity contribution is 6.06. The number of carbonyl (C=O) groups excluding carboxylic acids is 1. The minimum absolute atomic E-state index is 0.209. The molecule has 0 saturated heterocycles. The van der Waals surface area contributed by atoms with E-state index in [0.29, 0.717) is 11.3 Å². The van der Waals surface area contributed by atoms with Gasteiger partial charge in [-0.15, -0.1) is 0 Å². The predicted octanol–water partition coefficient (Wildman–Crippen LogP) is 1.34. The molecule has 2 heterocycles. The van der Waals surface area contributed by atoms with E-state index in [4.69, 9.17) is 0 Å². The average molecular weight is 321 g/mol. The molecule has 2 aromatic carbocycles. The van der Waals surface area contributed by atoms with Crippen molar-refractivity contribution in [2.75, 3.05) is 5.32 Å². The molecule has 0 fully saturated rings. The van der Waals surface area contributed by atoms with Crippen molar-refractivity contribution in [3.63, 3.8) is 0 Å². The fraction of sp³-hybridized carbons (Fsp3) is 0. The van der Waals surface area contributed by atoms with Crippen LogP contribution in [0.25, 0.3) is 21.8 Å². The van der Waals surface area contributed by atoms with Crippen LogP contribution in [0.4, 0.5) is 5.69 Å². The molecule has 0 atom stereocenters. The lowest BCUT2D eigenvalue weighted by molar-refractivity contribution is 0.102. The summed E-state index contributed by atoms with van der Waals surface area (Å²) in [5.41, 5.74) is 1.57. The van der Waals surface area contributed by atoms with Crippen molar-refractivity contribution in [1.29, 1.82) is 0 Å². The summed E-state index contributed by atoms with van der Waals surface area (Å²) in [7, 11) is 0. The lowest BCUT2D eigenvalue weighted by Gasteiger charge is -2.06. The second kappa shape index (κ2) is 5.20. The Kier molecular flexibility index (Phi) is 3.02. The number of benzene rings is 2. The number of aromatic nitrogens is 4. The van der Waals surface area contributed by atoms with Gasteiger partial charge in [-0.1, -0.05) is 0 Å². The zero-order valence-electron chi connectivity index (χ0n) is 12.2. The van der Waals surface area contributed by atoms with Gasteiger partial charge in [-0.3, -0.25) is 24.6 Å². The molecule has 2 aromatic heterocycles. The van der Waals surface area contributed by atoms with Crippen molar-refractivity contribution in [2.45, 2.75) is 0 Å². The van der Waals surface area contributed by atoms with E-state index in [1.165, 1.54) is 12.1 Å². The maximum Gasteiger partial charge on any atom is 0.270 e. The first kappa shape index (κ1) is 13.9. The van der Waals surface area contributed by atoms with Gasteiger partial charge in [0.1, 0.15) is 0 Å². The Bertz CT molecular complexity index is 1200. The molecule has 4 aromatic rings. The van der Waals surface area contributed by atoms with E-state index in [-0.39, 0.29) is 16.7 Å². The minimum atomic E-state index is -0.431. The van der Waals surface area contributed by atoms with Crippen molar-refractivity contribution in [3.05, 3.63) is 69.0 Å². The molecule has 118 valence electrons. The average Bonchev–Trinajstić information content (AvgIpc) is 3.06. The van der Waals surface area contributed by atoms with Crippen LogP contribution in [0.1, 0.15) is 10.4 Å². The van der Waals surface area contributed by atoms with E-state index in [1.54, 1.807) is 30.6 Å². The van der Waals surface area contributed by atoms with E-state index in [1.807, 2.05) is 0 Å². The third kappa shape index (κ3) is 2.26. The number of nitrogens with one attached hydrogen (secondary N) is 4. The zero-order valence-corrected chi connectivity index (χ0v) is 12.2. The van der Waals surface area contributed by atoms with Gasteiger partial charge in [-0.05, 0) is 36.4 Å². The molecule has 0 unspecified atom stereocenters. The van der Waals surface area contributed by atoms with Gasteiger partial charge in [0.05, 0.1) is 28.1 Å². The molecule has 1 amide bonds. The van der Waals surface area contributed by atoms with Gasteiger partial charge in [-0.25, -0.2) is 4.98 Å². The third-order valence-electron chi connectivity index (χ3n) is 3.74. The fourth-order valence-electron chi connectivity index (χ4n) is 2.54. The van der Waals surface area contributed by atoms with E-state index in [9.17, 15) is 14.4 Å². The first-order valence-corrected chi connectivity index (χ1v) is 7.11. The summed E-state index contributed by atoms with van der Waals surface area (Å²) < 4.78 is 0. The van der Waals surface area contributed by atoms with Crippen molar-refractivity contribution < 1.29 is 4.79 Å². The molecule has 0 bridgehead atoms. The first-order valence-electron chi connectivity index (χ1n) is 7.11. The second-order valence-electron chi connectivity index (χ2n) is 5.26. The number of carbonyl (C=O) groups is 1.